The lowest BCUT2D eigenvalue weighted by Gasteiger charge is -2.45. The number of hydrogen-bond acceptors (Lipinski definition) is 1. The molecule has 0 unspecified atom stereocenters. The van der Waals surface area contributed by atoms with Crippen molar-refractivity contribution in [3.8, 4) is 0 Å². The van der Waals surface area contributed by atoms with Crippen LogP contribution in [0, 0.1) is 0 Å². The second-order valence-corrected chi connectivity index (χ2v) is 24.7. The van der Waals surface area contributed by atoms with Crippen LogP contribution in [0.4, 0.5) is 0 Å². The minimum absolute atomic E-state index is 0.360. The van der Waals surface area contributed by atoms with Gasteiger partial charge in [0.05, 0.1) is 0 Å². The van der Waals surface area contributed by atoms with Gasteiger partial charge in [0.25, 0.3) is 0 Å². The van der Waals surface area contributed by atoms with Gasteiger partial charge in [0.2, 0.25) is 0 Å². The Morgan fingerprint density at radius 2 is 0.829 bits per heavy atom. The van der Waals surface area contributed by atoms with Crippen LogP contribution in [0.5, 0.6) is 0 Å². The van der Waals surface area contributed by atoms with Crippen molar-refractivity contribution in [1.29, 1.82) is 0 Å². The van der Waals surface area contributed by atoms with Gasteiger partial charge in [-0.05, 0) is 46.3 Å². The van der Waals surface area contributed by atoms with Crippen LogP contribution >= 0.6 is 22.9 Å². The Balaban J connectivity index is 2.30. The van der Waals surface area contributed by atoms with Gasteiger partial charge in [0.15, 0.2) is 6.28 Å². The van der Waals surface area contributed by atoms with E-state index >= 15 is 0 Å². The number of nitrogens with zero attached hydrogens (tertiary/aromatic N) is 1. The maximum absolute atomic E-state index is 6.48. The van der Waals surface area contributed by atoms with E-state index in [0.29, 0.717) is 34.0 Å². The van der Waals surface area contributed by atoms with E-state index in [-0.39, 0.29) is 15.8 Å². The molecular weight excluding hydrogens is 550 g/mol. The summed E-state index contributed by atoms with van der Waals surface area (Å²) in [5, 5.41) is 4.71. The summed E-state index contributed by atoms with van der Waals surface area (Å²) in [5.41, 5.74) is 7.98. The second kappa shape index (κ2) is 12.8. The highest BCUT2D eigenvalue weighted by Gasteiger charge is 2.46. The van der Waals surface area contributed by atoms with Crippen molar-refractivity contribution in [3.05, 3.63) is 72.8 Å². The first kappa shape index (κ1) is 32.7. The summed E-state index contributed by atoms with van der Waals surface area (Å²) in [6.45, 7) is 29.3. The SMILES string of the molecule is CC(C)P(c1ccccc1[B-]1(c2ccccc2P(C(C)C)C(C)C)N=P(C(C)C)(C(C)C)c2ccccc21)C(C)C. The molecule has 0 fully saturated rings. The zero-order valence-corrected chi connectivity index (χ0v) is 30.4. The fraction of sp³-hybridized carbons (Fsp3) is 0.500. The van der Waals surface area contributed by atoms with E-state index in [1.165, 1.54) is 16.4 Å². The molecule has 0 N–H and O–H groups in total. The fourth-order valence-electron chi connectivity index (χ4n) is 8.08. The molecule has 3 aromatic carbocycles. The van der Waals surface area contributed by atoms with Gasteiger partial charge < -0.3 is 4.66 Å². The minimum Gasteiger partial charge on any atom is -0.493 e. The molecule has 1 heterocycles. The smallest absolute Gasteiger partial charge is 0.186 e. The molecule has 0 saturated heterocycles. The van der Waals surface area contributed by atoms with E-state index in [2.05, 4.69) is 156 Å². The molecule has 4 rings (SSSR count). The summed E-state index contributed by atoms with van der Waals surface area (Å²) < 4.78 is 6.48. The van der Waals surface area contributed by atoms with Gasteiger partial charge >= 0.3 is 0 Å². The molecule has 0 bridgehead atoms. The highest BCUT2D eigenvalue weighted by Crippen LogP contribution is 2.61. The second-order valence-electron chi connectivity index (χ2n) is 13.7. The summed E-state index contributed by atoms with van der Waals surface area (Å²) >= 11 is 0. The predicted octanol–water partition coefficient (Wildman–Crippen LogP) is 8.16. The monoisotopic (exact) mass is 604 g/mol. The van der Waals surface area contributed by atoms with Crippen LogP contribution in [0.3, 0.4) is 0 Å². The third-order valence-electron chi connectivity index (χ3n) is 9.27. The number of benzene rings is 3. The Bertz CT molecular complexity index is 1310. The van der Waals surface area contributed by atoms with E-state index in [1.807, 2.05) is 0 Å². The molecule has 0 aliphatic carbocycles. The highest BCUT2D eigenvalue weighted by molar-refractivity contribution is 7.79. The number of hydrogen-bond donors (Lipinski definition) is 0. The van der Waals surface area contributed by atoms with E-state index in [4.69, 9.17) is 4.66 Å². The minimum atomic E-state index is -1.86. The lowest BCUT2D eigenvalue weighted by atomic mass is 9.25. The molecule has 1 aliphatic heterocycles. The van der Waals surface area contributed by atoms with Crippen molar-refractivity contribution in [1.82, 2.24) is 0 Å². The molecule has 0 spiro atoms. The highest BCUT2D eigenvalue weighted by atomic mass is 31.2. The Morgan fingerprint density at radius 1 is 0.488 bits per heavy atom. The summed E-state index contributed by atoms with van der Waals surface area (Å²) in [5.74, 6) is 0. The Kier molecular flexibility index (Phi) is 10.2. The zero-order valence-electron chi connectivity index (χ0n) is 27.8. The van der Waals surface area contributed by atoms with Crippen molar-refractivity contribution in [3.63, 3.8) is 0 Å². The van der Waals surface area contributed by atoms with Gasteiger partial charge in [-0.2, -0.15) is 16.4 Å². The molecule has 222 valence electrons. The quantitative estimate of drug-likeness (QED) is 0.164. The fourth-order valence-corrected chi connectivity index (χ4v) is 19.2. The maximum atomic E-state index is 6.48. The standard InChI is InChI=1S/C36H54BNP3/c1-25(2)39(26(3)4)34-22-16-13-19-31(34)37(32-20-14-17-23-35(32)40(27(5)6)28(7)8)33-21-15-18-24-36(33)41(38-37,29(9)10)30(11)12/h13-30H,1-12H3/q-1. The summed E-state index contributed by atoms with van der Waals surface area (Å²) in [7, 11) is -2.58. The molecule has 1 nitrogen and oxygen atoms in total. The van der Waals surface area contributed by atoms with Crippen LogP contribution in [0.2, 0.25) is 0 Å². The Labute approximate surface area is 255 Å². The van der Waals surface area contributed by atoms with Crippen LogP contribution in [-0.2, 0) is 0 Å². The van der Waals surface area contributed by atoms with Crippen molar-refractivity contribution >= 4 is 61.5 Å². The van der Waals surface area contributed by atoms with Crippen LogP contribution in [0.1, 0.15) is 83.1 Å². The van der Waals surface area contributed by atoms with Gasteiger partial charge in [-0.25, -0.2) is 0 Å². The number of fused-ring (bicyclic) bond motifs is 1. The van der Waals surface area contributed by atoms with Crippen molar-refractivity contribution in [2.45, 2.75) is 117 Å². The third kappa shape index (κ3) is 5.50. The van der Waals surface area contributed by atoms with E-state index < -0.39 is 13.3 Å². The van der Waals surface area contributed by atoms with E-state index in [9.17, 15) is 0 Å². The molecule has 0 saturated carbocycles. The zero-order chi connectivity index (χ0) is 30.3. The molecule has 0 atom stereocenters. The maximum Gasteiger partial charge on any atom is 0.186 e. The van der Waals surface area contributed by atoms with Crippen LogP contribution in [0.25, 0.3) is 0 Å². The molecule has 41 heavy (non-hydrogen) atoms. The Morgan fingerprint density at radius 3 is 1.20 bits per heavy atom. The van der Waals surface area contributed by atoms with E-state index in [0.717, 1.165) is 0 Å². The van der Waals surface area contributed by atoms with Crippen molar-refractivity contribution in [2.24, 2.45) is 4.66 Å². The summed E-state index contributed by atoms with van der Waals surface area (Å²) in [6.07, 6.45) is -1.52. The van der Waals surface area contributed by atoms with Gasteiger partial charge in [-0.3, -0.25) is 0 Å². The van der Waals surface area contributed by atoms with Gasteiger partial charge in [-0.1, -0.05) is 182 Å². The lowest BCUT2D eigenvalue weighted by molar-refractivity contribution is 1.01. The number of rotatable bonds is 10. The van der Waals surface area contributed by atoms with Crippen LogP contribution in [-0.4, -0.2) is 40.2 Å². The first-order chi connectivity index (χ1) is 19.3. The molecule has 1 aliphatic rings. The molecule has 5 heteroatoms. The van der Waals surface area contributed by atoms with Crippen molar-refractivity contribution in [2.75, 3.05) is 0 Å². The summed E-state index contributed by atoms with van der Waals surface area (Å²) in [6, 6.07) is 28.6. The topological polar surface area (TPSA) is 12.4 Å². The lowest BCUT2D eigenvalue weighted by Crippen LogP contribution is -2.72. The average molecular weight is 605 g/mol. The molecule has 0 radical (unpaired) electrons. The summed E-state index contributed by atoms with van der Waals surface area (Å²) in [4.78, 5) is 0. The molecule has 0 aromatic heterocycles. The molecule has 3 aromatic rings. The average Bonchev–Trinajstić information content (AvgIpc) is 3.22. The van der Waals surface area contributed by atoms with E-state index in [1.54, 1.807) is 15.9 Å². The van der Waals surface area contributed by atoms with Gasteiger partial charge in [0, 0.05) is 0 Å². The normalized spacial score (nSPS) is 16.2. The Hall–Kier alpha value is -1.19. The third-order valence-corrected chi connectivity index (χ3v) is 20.7. The molecule has 0 amide bonds. The first-order valence-corrected chi connectivity index (χ1v) is 20.8. The van der Waals surface area contributed by atoms with Crippen LogP contribution in [0.15, 0.2) is 77.5 Å². The predicted molar refractivity (Wildman–Crippen MR) is 197 cm³/mol. The largest absolute Gasteiger partial charge is 0.493 e. The van der Waals surface area contributed by atoms with Gasteiger partial charge in [-0.15, -0.1) is 0 Å². The van der Waals surface area contributed by atoms with Crippen molar-refractivity contribution < 1.29 is 0 Å². The van der Waals surface area contributed by atoms with Gasteiger partial charge in [0.1, 0.15) is 0 Å². The first-order valence-electron chi connectivity index (χ1n) is 16.0. The van der Waals surface area contributed by atoms with Crippen LogP contribution < -0.4 is 32.3 Å². The molecular formula is C36H54BNP3-.